The molecule has 0 spiro atoms. The van der Waals surface area contributed by atoms with Gasteiger partial charge in [0.25, 0.3) is 0 Å². The largest absolute Gasteiger partial charge is 0.325 e. The first-order chi connectivity index (χ1) is 14.3. The molecule has 0 aliphatic carbocycles. The molecule has 0 radical (unpaired) electrons. The zero-order valence-electron chi connectivity index (χ0n) is 16.3. The third-order valence-electron chi connectivity index (χ3n) is 4.19. The van der Waals surface area contributed by atoms with E-state index in [0.29, 0.717) is 16.4 Å². The van der Waals surface area contributed by atoms with Crippen molar-refractivity contribution in [1.29, 1.82) is 0 Å². The second kappa shape index (κ2) is 10.0. The van der Waals surface area contributed by atoms with Crippen LogP contribution < -0.4 is 9.62 Å². The summed E-state index contributed by atoms with van der Waals surface area (Å²) in [6.07, 6.45) is 1.06. The van der Waals surface area contributed by atoms with Gasteiger partial charge in [0.15, 0.2) is 0 Å². The van der Waals surface area contributed by atoms with Crippen molar-refractivity contribution < 1.29 is 13.2 Å². The number of nitrogens with zero attached hydrogens (tertiary/aromatic N) is 1. The normalized spacial score (nSPS) is 11.1. The third kappa shape index (κ3) is 6.52. The Balaban J connectivity index is 1.61. The van der Waals surface area contributed by atoms with Gasteiger partial charge in [-0.3, -0.25) is 9.10 Å². The highest BCUT2D eigenvalue weighted by molar-refractivity contribution is 7.98. The molecule has 156 valence electrons. The summed E-state index contributed by atoms with van der Waals surface area (Å²) in [5, 5.41) is 3.24. The van der Waals surface area contributed by atoms with Crippen LogP contribution in [0.5, 0.6) is 0 Å². The molecule has 0 aromatic heterocycles. The molecule has 0 fully saturated rings. The highest BCUT2D eigenvalue weighted by Crippen LogP contribution is 2.23. The Hall–Kier alpha value is -2.48. The van der Waals surface area contributed by atoms with Crippen LogP contribution in [0, 0.1) is 0 Å². The fraction of sp³-hybridized carbons (Fsp3) is 0.136. The van der Waals surface area contributed by atoms with Crippen molar-refractivity contribution in [3.63, 3.8) is 0 Å². The van der Waals surface area contributed by atoms with Crippen LogP contribution >= 0.6 is 23.4 Å². The zero-order valence-corrected chi connectivity index (χ0v) is 18.7. The predicted octanol–water partition coefficient (Wildman–Crippen LogP) is 5.04. The Morgan fingerprint density at radius 3 is 2.20 bits per heavy atom. The number of carbonyl (C=O) groups excluding carboxylic acids is 1. The molecule has 0 aliphatic heterocycles. The predicted molar refractivity (Wildman–Crippen MR) is 125 cm³/mol. The number of thioether (sulfide) groups is 1. The van der Waals surface area contributed by atoms with Crippen molar-refractivity contribution in [3.05, 3.63) is 89.4 Å². The van der Waals surface area contributed by atoms with Crippen LogP contribution in [0.4, 0.5) is 11.4 Å². The molecule has 0 heterocycles. The molecule has 0 atom stereocenters. The highest BCUT2D eigenvalue weighted by Gasteiger charge is 2.20. The van der Waals surface area contributed by atoms with E-state index in [0.717, 1.165) is 21.9 Å². The lowest BCUT2D eigenvalue weighted by Gasteiger charge is -2.22. The SMILES string of the molecule is CS(=O)(=O)N(CC(=O)Nc1ccc(CSc2ccccc2)cc1)c1ccc(Cl)cc1. The minimum atomic E-state index is -3.63. The van der Waals surface area contributed by atoms with Crippen LogP contribution in [0.1, 0.15) is 5.56 Å². The lowest BCUT2D eigenvalue weighted by molar-refractivity contribution is -0.114. The van der Waals surface area contributed by atoms with E-state index < -0.39 is 15.9 Å². The topological polar surface area (TPSA) is 66.5 Å². The number of nitrogens with one attached hydrogen (secondary N) is 1. The molecule has 1 N–H and O–H groups in total. The van der Waals surface area contributed by atoms with Crippen LogP contribution in [0.3, 0.4) is 0 Å². The molecule has 3 aromatic carbocycles. The zero-order chi connectivity index (χ0) is 21.6. The van der Waals surface area contributed by atoms with E-state index in [1.54, 1.807) is 36.0 Å². The first kappa shape index (κ1) is 22.2. The van der Waals surface area contributed by atoms with Gasteiger partial charge < -0.3 is 5.32 Å². The summed E-state index contributed by atoms with van der Waals surface area (Å²) in [7, 11) is -3.63. The fourth-order valence-electron chi connectivity index (χ4n) is 2.71. The summed E-state index contributed by atoms with van der Waals surface area (Å²) in [5.41, 5.74) is 2.11. The van der Waals surface area contributed by atoms with Crippen LogP contribution in [0.15, 0.2) is 83.8 Å². The Bertz CT molecular complexity index is 1090. The Labute approximate surface area is 186 Å². The maximum absolute atomic E-state index is 12.5. The minimum Gasteiger partial charge on any atom is -0.325 e. The quantitative estimate of drug-likeness (QED) is 0.478. The van der Waals surface area contributed by atoms with Crippen LogP contribution in [0.2, 0.25) is 5.02 Å². The Morgan fingerprint density at radius 1 is 0.967 bits per heavy atom. The van der Waals surface area contributed by atoms with Gasteiger partial charge in [-0.2, -0.15) is 0 Å². The van der Waals surface area contributed by atoms with Crippen molar-refractivity contribution in [3.8, 4) is 0 Å². The monoisotopic (exact) mass is 460 g/mol. The van der Waals surface area contributed by atoms with Gasteiger partial charge >= 0.3 is 0 Å². The summed E-state index contributed by atoms with van der Waals surface area (Å²) in [6.45, 7) is -0.327. The molecule has 0 aliphatic rings. The maximum atomic E-state index is 12.5. The summed E-state index contributed by atoms with van der Waals surface area (Å²) < 4.78 is 25.3. The average molecular weight is 461 g/mol. The Morgan fingerprint density at radius 2 is 1.60 bits per heavy atom. The molecule has 8 heteroatoms. The molecular formula is C22H21ClN2O3S2. The second-order valence-electron chi connectivity index (χ2n) is 6.59. The maximum Gasteiger partial charge on any atom is 0.245 e. The van der Waals surface area contributed by atoms with Crippen LogP contribution in [-0.4, -0.2) is 27.1 Å². The van der Waals surface area contributed by atoms with E-state index in [4.69, 9.17) is 11.6 Å². The van der Waals surface area contributed by atoms with Crippen molar-refractivity contribution in [2.75, 3.05) is 22.4 Å². The van der Waals surface area contributed by atoms with E-state index in [9.17, 15) is 13.2 Å². The molecule has 1 amide bonds. The number of anilines is 2. The van der Waals surface area contributed by atoms with Crippen molar-refractivity contribution >= 4 is 50.7 Å². The molecule has 5 nitrogen and oxygen atoms in total. The second-order valence-corrected chi connectivity index (χ2v) is 9.98. The third-order valence-corrected chi connectivity index (χ3v) is 6.66. The van der Waals surface area contributed by atoms with Crippen LogP contribution in [-0.2, 0) is 20.6 Å². The first-order valence-electron chi connectivity index (χ1n) is 9.11. The lowest BCUT2D eigenvalue weighted by atomic mass is 10.2. The van der Waals surface area contributed by atoms with Gasteiger partial charge in [0.05, 0.1) is 11.9 Å². The lowest BCUT2D eigenvalue weighted by Crippen LogP contribution is -2.37. The number of halogens is 1. The van der Waals surface area contributed by atoms with Gasteiger partial charge in [-0.15, -0.1) is 11.8 Å². The number of carbonyl (C=O) groups is 1. The van der Waals surface area contributed by atoms with Gasteiger partial charge in [0, 0.05) is 21.4 Å². The summed E-state index contributed by atoms with van der Waals surface area (Å²) in [5.74, 6) is 0.387. The van der Waals surface area contributed by atoms with Gasteiger partial charge in [-0.1, -0.05) is 41.9 Å². The number of amides is 1. The van der Waals surface area contributed by atoms with Gasteiger partial charge in [-0.25, -0.2) is 8.42 Å². The van der Waals surface area contributed by atoms with E-state index >= 15 is 0 Å². The fourth-order valence-corrected chi connectivity index (χ4v) is 4.56. The van der Waals surface area contributed by atoms with E-state index in [1.165, 1.54) is 4.90 Å². The molecule has 0 saturated heterocycles. The summed E-state index contributed by atoms with van der Waals surface area (Å²) in [4.78, 5) is 13.7. The summed E-state index contributed by atoms with van der Waals surface area (Å²) in [6, 6.07) is 23.9. The first-order valence-corrected chi connectivity index (χ1v) is 12.3. The molecule has 3 aromatic rings. The smallest absolute Gasteiger partial charge is 0.245 e. The average Bonchev–Trinajstić information content (AvgIpc) is 2.72. The number of hydrogen-bond donors (Lipinski definition) is 1. The standard InChI is InChI=1S/C22H21ClN2O3S2/c1-30(27,28)25(20-13-9-18(23)10-14-20)15-22(26)24-19-11-7-17(8-12-19)16-29-21-5-3-2-4-6-21/h2-14H,15-16H2,1H3,(H,24,26). The molecule has 0 unspecified atom stereocenters. The van der Waals surface area contributed by atoms with Crippen LogP contribution in [0.25, 0.3) is 0 Å². The number of sulfonamides is 1. The minimum absolute atomic E-state index is 0.327. The van der Waals surface area contributed by atoms with Gasteiger partial charge in [0.1, 0.15) is 6.54 Å². The number of benzene rings is 3. The van der Waals surface area contributed by atoms with Crippen molar-refractivity contribution in [1.82, 2.24) is 0 Å². The number of rotatable bonds is 8. The number of hydrogen-bond acceptors (Lipinski definition) is 4. The molecule has 3 rings (SSSR count). The van der Waals surface area contributed by atoms with Gasteiger partial charge in [0.2, 0.25) is 15.9 Å². The Kier molecular flexibility index (Phi) is 7.42. The molecule has 0 saturated carbocycles. The molecular weight excluding hydrogens is 440 g/mol. The summed E-state index contributed by atoms with van der Waals surface area (Å²) >= 11 is 7.60. The highest BCUT2D eigenvalue weighted by atomic mass is 35.5. The van der Waals surface area contributed by atoms with E-state index in [1.807, 2.05) is 42.5 Å². The van der Waals surface area contributed by atoms with Crippen molar-refractivity contribution in [2.45, 2.75) is 10.6 Å². The van der Waals surface area contributed by atoms with Crippen molar-refractivity contribution in [2.24, 2.45) is 0 Å². The van der Waals surface area contributed by atoms with E-state index in [2.05, 4.69) is 17.4 Å². The molecule has 0 bridgehead atoms. The molecule has 30 heavy (non-hydrogen) atoms. The van der Waals surface area contributed by atoms with Gasteiger partial charge in [-0.05, 0) is 54.1 Å². The van der Waals surface area contributed by atoms with E-state index in [-0.39, 0.29) is 6.54 Å².